The van der Waals surface area contributed by atoms with Gasteiger partial charge in [0.15, 0.2) is 0 Å². The van der Waals surface area contributed by atoms with Crippen molar-refractivity contribution in [1.29, 1.82) is 0 Å². The second kappa shape index (κ2) is 9.35. The third-order valence-electron chi connectivity index (χ3n) is 6.02. The predicted octanol–water partition coefficient (Wildman–Crippen LogP) is 3.94. The molecular weight excluding hydrogens is 360 g/mol. The van der Waals surface area contributed by atoms with Gasteiger partial charge >= 0.3 is 0 Å². The number of hydrogen-bond donors (Lipinski definition) is 1. The van der Waals surface area contributed by atoms with E-state index < -0.39 is 8.07 Å². The van der Waals surface area contributed by atoms with E-state index in [1.165, 1.54) is 10.8 Å². The van der Waals surface area contributed by atoms with Gasteiger partial charge in [0.05, 0.1) is 14.1 Å². The minimum atomic E-state index is -1.95. The normalized spacial score (nSPS) is 16.6. The third kappa shape index (κ3) is 4.62. The molecule has 0 aliphatic carbocycles. The number of carbonyl (C=O) groups is 1. The minimum Gasteiger partial charge on any atom is -0.341 e. The van der Waals surface area contributed by atoms with Crippen LogP contribution in [0.25, 0.3) is 0 Å². The van der Waals surface area contributed by atoms with Gasteiger partial charge in [0.1, 0.15) is 0 Å². The SMILES string of the molecule is C=C[C@@H]([C@@H](NCc1ccccc1)C(=O)N1CCCC1)[Si](C)(C)c1ccccc1. The number of nitrogens with one attached hydrogen (secondary N) is 1. The predicted molar refractivity (Wildman–Crippen MR) is 120 cm³/mol. The molecule has 0 saturated carbocycles. The van der Waals surface area contributed by atoms with Crippen LogP contribution in [0.3, 0.4) is 0 Å². The maximum atomic E-state index is 13.5. The molecule has 4 heteroatoms. The smallest absolute Gasteiger partial charge is 0.240 e. The van der Waals surface area contributed by atoms with Crippen LogP contribution in [0.15, 0.2) is 73.3 Å². The summed E-state index contributed by atoms with van der Waals surface area (Å²) in [5, 5.41) is 4.97. The summed E-state index contributed by atoms with van der Waals surface area (Å²) in [5.74, 6) is 0.231. The van der Waals surface area contributed by atoms with Crippen LogP contribution in [0.4, 0.5) is 0 Å². The maximum absolute atomic E-state index is 13.5. The van der Waals surface area contributed by atoms with Crippen molar-refractivity contribution in [1.82, 2.24) is 10.2 Å². The van der Waals surface area contributed by atoms with E-state index >= 15 is 0 Å². The monoisotopic (exact) mass is 392 g/mol. The number of carbonyl (C=O) groups excluding carboxylic acids is 1. The summed E-state index contributed by atoms with van der Waals surface area (Å²) < 4.78 is 0. The molecule has 148 valence electrons. The standard InChI is InChI=1S/C24H32N2OSi/c1-4-22(28(2,3)21-15-9-6-10-16-21)23(24(27)26-17-11-12-18-26)25-19-20-13-7-5-8-14-20/h4-10,13-16,22-23,25H,1,11-12,17-19H2,2-3H3/t22-,23+/m0/s1. The first-order chi connectivity index (χ1) is 13.5. The third-order valence-corrected chi connectivity index (χ3v) is 10.1. The molecule has 1 N–H and O–H groups in total. The molecular formula is C24H32N2OSi. The van der Waals surface area contributed by atoms with Crippen molar-refractivity contribution >= 4 is 19.2 Å². The Hall–Kier alpha value is -2.17. The number of hydrogen-bond acceptors (Lipinski definition) is 2. The van der Waals surface area contributed by atoms with E-state index in [2.05, 4.69) is 67.5 Å². The molecule has 3 rings (SSSR count). The number of likely N-dealkylation sites (tertiary alicyclic amines) is 1. The molecule has 0 radical (unpaired) electrons. The van der Waals surface area contributed by atoms with Gasteiger partial charge in [0.25, 0.3) is 0 Å². The topological polar surface area (TPSA) is 32.3 Å². The molecule has 1 aliphatic rings. The Morgan fingerprint density at radius 1 is 1.07 bits per heavy atom. The lowest BCUT2D eigenvalue weighted by Crippen LogP contribution is -2.57. The average molecular weight is 393 g/mol. The lowest BCUT2D eigenvalue weighted by atomic mass is 10.1. The molecule has 2 atom stereocenters. The summed E-state index contributed by atoms with van der Waals surface area (Å²) in [4.78, 5) is 15.5. The first-order valence-electron chi connectivity index (χ1n) is 10.3. The summed E-state index contributed by atoms with van der Waals surface area (Å²) in [5.41, 5.74) is 1.32. The molecule has 0 spiro atoms. The van der Waals surface area contributed by atoms with E-state index in [1.54, 1.807) is 0 Å². The average Bonchev–Trinajstić information content (AvgIpc) is 3.27. The first-order valence-corrected chi connectivity index (χ1v) is 13.4. The van der Waals surface area contributed by atoms with Gasteiger partial charge in [0.2, 0.25) is 5.91 Å². The van der Waals surface area contributed by atoms with Crippen LogP contribution in [0.1, 0.15) is 18.4 Å². The number of amides is 1. The van der Waals surface area contributed by atoms with E-state index in [0.29, 0.717) is 6.54 Å². The van der Waals surface area contributed by atoms with Gasteiger partial charge in [-0.3, -0.25) is 4.79 Å². The summed E-state index contributed by atoms with van der Waals surface area (Å²) in [6.07, 6.45) is 4.24. The van der Waals surface area contributed by atoms with Crippen molar-refractivity contribution in [3.63, 3.8) is 0 Å². The molecule has 1 fully saturated rings. The number of nitrogens with zero attached hydrogens (tertiary/aromatic N) is 1. The fourth-order valence-corrected chi connectivity index (χ4v) is 7.35. The highest BCUT2D eigenvalue weighted by Gasteiger charge is 2.41. The highest BCUT2D eigenvalue weighted by Crippen LogP contribution is 2.29. The van der Waals surface area contributed by atoms with E-state index in [-0.39, 0.29) is 17.5 Å². The molecule has 2 aromatic rings. The van der Waals surface area contributed by atoms with Gasteiger partial charge in [-0.15, -0.1) is 6.58 Å². The van der Waals surface area contributed by atoms with E-state index in [9.17, 15) is 4.79 Å². The van der Waals surface area contributed by atoms with Crippen LogP contribution < -0.4 is 10.5 Å². The van der Waals surface area contributed by atoms with Crippen LogP contribution >= 0.6 is 0 Å². The van der Waals surface area contributed by atoms with Gasteiger partial charge in [0, 0.05) is 25.2 Å². The molecule has 1 saturated heterocycles. The van der Waals surface area contributed by atoms with Gasteiger partial charge in [-0.05, 0) is 18.4 Å². The van der Waals surface area contributed by atoms with Crippen LogP contribution in [-0.4, -0.2) is 38.0 Å². The molecule has 1 heterocycles. The summed E-state index contributed by atoms with van der Waals surface area (Å²) in [7, 11) is -1.95. The van der Waals surface area contributed by atoms with Crippen molar-refractivity contribution < 1.29 is 4.79 Å². The molecule has 3 nitrogen and oxygen atoms in total. The van der Waals surface area contributed by atoms with Crippen molar-refractivity contribution in [3.8, 4) is 0 Å². The van der Waals surface area contributed by atoms with Crippen molar-refractivity contribution in [2.75, 3.05) is 13.1 Å². The summed E-state index contributed by atoms with van der Waals surface area (Å²) in [6.45, 7) is 11.3. The van der Waals surface area contributed by atoms with Crippen LogP contribution in [0, 0.1) is 0 Å². The highest BCUT2D eigenvalue weighted by atomic mass is 28.3. The van der Waals surface area contributed by atoms with Gasteiger partial charge in [-0.2, -0.15) is 0 Å². The number of benzene rings is 2. The van der Waals surface area contributed by atoms with Crippen molar-refractivity contribution in [2.45, 2.75) is 44.1 Å². The Balaban J connectivity index is 1.88. The summed E-state index contributed by atoms with van der Waals surface area (Å²) in [6, 6.07) is 20.7. The Kier molecular flexibility index (Phi) is 6.86. The second-order valence-corrected chi connectivity index (χ2v) is 12.9. The quantitative estimate of drug-likeness (QED) is 0.545. The molecule has 0 aromatic heterocycles. The van der Waals surface area contributed by atoms with Crippen LogP contribution in [0.2, 0.25) is 18.6 Å². The highest BCUT2D eigenvalue weighted by molar-refractivity contribution is 6.91. The molecule has 0 bridgehead atoms. The van der Waals surface area contributed by atoms with Crippen LogP contribution in [-0.2, 0) is 11.3 Å². The fourth-order valence-electron chi connectivity index (χ4n) is 4.23. The van der Waals surface area contributed by atoms with Gasteiger partial charge in [-0.25, -0.2) is 0 Å². The summed E-state index contributed by atoms with van der Waals surface area (Å²) >= 11 is 0. The van der Waals surface area contributed by atoms with Gasteiger partial charge in [-0.1, -0.05) is 85.0 Å². The van der Waals surface area contributed by atoms with Gasteiger partial charge < -0.3 is 10.2 Å². The maximum Gasteiger partial charge on any atom is 0.240 e. The zero-order valence-electron chi connectivity index (χ0n) is 17.1. The Morgan fingerprint density at radius 2 is 1.64 bits per heavy atom. The molecule has 1 aliphatic heterocycles. The Labute approximate surface area is 170 Å². The first kappa shape index (κ1) is 20.6. The second-order valence-electron chi connectivity index (χ2n) is 8.23. The lowest BCUT2D eigenvalue weighted by Gasteiger charge is -2.38. The molecule has 1 amide bonds. The Morgan fingerprint density at radius 3 is 2.21 bits per heavy atom. The van der Waals surface area contributed by atoms with E-state index in [4.69, 9.17) is 0 Å². The molecule has 0 unspecified atom stereocenters. The number of rotatable bonds is 8. The Bertz CT molecular complexity index is 770. The van der Waals surface area contributed by atoms with Crippen LogP contribution in [0.5, 0.6) is 0 Å². The lowest BCUT2D eigenvalue weighted by molar-refractivity contribution is -0.132. The van der Waals surface area contributed by atoms with Crippen molar-refractivity contribution in [2.24, 2.45) is 0 Å². The van der Waals surface area contributed by atoms with E-state index in [0.717, 1.165) is 25.9 Å². The van der Waals surface area contributed by atoms with E-state index in [1.807, 2.05) is 29.2 Å². The largest absolute Gasteiger partial charge is 0.341 e. The molecule has 28 heavy (non-hydrogen) atoms. The minimum absolute atomic E-state index is 0.117. The zero-order valence-corrected chi connectivity index (χ0v) is 18.1. The fraction of sp³-hybridized carbons (Fsp3) is 0.375. The molecule has 2 aromatic carbocycles. The zero-order chi connectivity index (χ0) is 20.0. The van der Waals surface area contributed by atoms with Crippen molar-refractivity contribution in [3.05, 3.63) is 78.9 Å².